The van der Waals surface area contributed by atoms with Crippen molar-refractivity contribution in [1.82, 2.24) is 19.6 Å². The van der Waals surface area contributed by atoms with Gasteiger partial charge in [-0.25, -0.2) is 9.50 Å². The number of thioether (sulfide) groups is 1. The minimum atomic E-state index is 0.0911. The maximum Gasteiger partial charge on any atom is 0.253 e. The zero-order valence-electron chi connectivity index (χ0n) is 14.5. The van der Waals surface area contributed by atoms with Crippen molar-refractivity contribution < 1.29 is 4.79 Å². The van der Waals surface area contributed by atoms with Gasteiger partial charge in [0.1, 0.15) is 0 Å². The molecular weight excluding hydrogens is 320 g/mol. The molecular formula is C18H20N4OS. The summed E-state index contributed by atoms with van der Waals surface area (Å²) in [6.45, 7) is 9.98. The minimum Gasteiger partial charge on any atom is -0.293 e. The van der Waals surface area contributed by atoms with Gasteiger partial charge in [-0.2, -0.15) is 4.98 Å². The number of hydrogen-bond donors (Lipinski definition) is 0. The largest absolute Gasteiger partial charge is 0.293 e. The standard InChI is InChI=1S/C18H20N4OS/c1-10-6-7-15(11(2)8-10)16(23)9-24-18-20-17-19-13(4)12(3)14(5)22(17)21-18/h6-8H,9H2,1-5H3. The average molecular weight is 340 g/mol. The third-order valence-corrected chi connectivity index (χ3v) is 5.09. The fraction of sp³-hybridized carbons (Fsp3) is 0.333. The van der Waals surface area contributed by atoms with Crippen LogP contribution in [0.5, 0.6) is 0 Å². The number of nitrogens with zero attached hydrogens (tertiary/aromatic N) is 4. The fourth-order valence-electron chi connectivity index (χ4n) is 2.63. The van der Waals surface area contributed by atoms with E-state index in [1.807, 2.05) is 52.8 Å². The molecule has 0 unspecified atom stereocenters. The van der Waals surface area contributed by atoms with Crippen LogP contribution in [-0.2, 0) is 0 Å². The summed E-state index contributed by atoms with van der Waals surface area (Å²) < 4.78 is 1.74. The zero-order chi connectivity index (χ0) is 17.4. The molecule has 0 fully saturated rings. The van der Waals surface area contributed by atoms with E-state index < -0.39 is 0 Å². The third kappa shape index (κ3) is 3.06. The van der Waals surface area contributed by atoms with Gasteiger partial charge in [0.25, 0.3) is 5.78 Å². The van der Waals surface area contributed by atoms with E-state index in [2.05, 4.69) is 15.1 Å². The summed E-state index contributed by atoms with van der Waals surface area (Å²) in [5.74, 6) is 0.989. The topological polar surface area (TPSA) is 60.2 Å². The first-order chi connectivity index (χ1) is 11.4. The van der Waals surface area contributed by atoms with Crippen LogP contribution in [-0.4, -0.2) is 31.1 Å². The number of hydrogen-bond acceptors (Lipinski definition) is 5. The van der Waals surface area contributed by atoms with E-state index in [0.29, 0.717) is 16.7 Å². The molecule has 124 valence electrons. The highest BCUT2D eigenvalue weighted by molar-refractivity contribution is 7.99. The molecule has 0 aliphatic carbocycles. The number of rotatable bonds is 4. The lowest BCUT2D eigenvalue weighted by Gasteiger charge is -2.05. The van der Waals surface area contributed by atoms with E-state index in [9.17, 15) is 4.79 Å². The Labute approximate surface area is 145 Å². The van der Waals surface area contributed by atoms with Crippen molar-refractivity contribution in [2.24, 2.45) is 0 Å². The van der Waals surface area contributed by atoms with E-state index in [1.165, 1.54) is 11.8 Å². The summed E-state index contributed by atoms with van der Waals surface area (Å²) in [6.07, 6.45) is 0. The molecule has 6 heteroatoms. The smallest absolute Gasteiger partial charge is 0.253 e. The van der Waals surface area contributed by atoms with Crippen molar-refractivity contribution in [2.45, 2.75) is 39.8 Å². The van der Waals surface area contributed by atoms with Crippen LogP contribution >= 0.6 is 11.8 Å². The Morgan fingerprint density at radius 1 is 1.12 bits per heavy atom. The molecule has 2 aromatic heterocycles. The Morgan fingerprint density at radius 3 is 2.58 bits per heavy atom. The molecule has 0 saturated heterocycles. The van der Waals surface area contributed by atoms with Crippen LogP contribution in [0.3, 0.4) is 0 Å². The summed E-state index contributed by atoms with van der Waals surface area (Å²) >= 11 is 1.35. The minimum absolute atomic E-state index is 0.0911. The quantitative estimate of drug-likeness (QED) is 0.536. The average Bonchev–Trinajstić information content (AvgIpc) is 2.93. The predicted molar refractivity (Wildman–Crippen MR) is 96.0 cm³/mol. The second-order valence-corrected chi connectivity index (χ2v) is 6.99. The van der Waals surface area contributed by atoms with E-state index in [1.54, 1.807) is 4.52 Å². The maximum atomic E-state index is 12.4. The van der Waals surface area contributed by atoms with Gasteiger partial charge < -0.3 is 0 Å². The van der Waals surface area contributed by atoms with Crippen LogP contribution < -0.4 is 0 Å². The number of Topliss-reactive ketones (excluding diaryl/α,β-unsaturated/α-hetero) is 1. The summed E-state index contributed by atoms with van der Waals surface area (Å²) in [7, 11) is 0. The Morgan fingerprint density at radius 2 is 1.88 bits per heavy atom. The Bertz CT molecular complexity index is 946. The highest BCUT2D eigenvalue weighted by Crippen LogP contribution is 2.20. The zero-order valence-corrected chi connectivity index (χ0v) is 15.4. The lowest BCUT2D eigenvalue weighted by atomic mass is 10.0. The molecule has 3 rings (SSSR count). The van der Waals surface area contributed by atoms with Crippen molar-refractivity contribution in [3.63, 3.8) is 0 Å². The molecule has 0 atom stereocenters. The number of benzene rings is 1. The molecule has 0 radical (unpaired) electrons. The van der Waals surface area contributed by atoms with Crippen LogP contribution in [0.2, 0.25) is 0 Å². The lowest BCUT2D eigenvalue weighted by Crippen LogP contribution is -2.05. The molecule has 0 bridgehead atoms. The van der Waals surface area contributed by atoms with Gasteiger partial charge in [-0.05, 0) is 45.7 Å². The Hall–Kier alpha value is -2.21. The van der Waals surface area contributed by atoms with E-state index in [4.69, 9.17) is 0 Å². The van der Waals surface area contributed by atoms with Crippen LogP contribution in [0, 0.1) is 34.6 Å². The van der Waals surface area contributed by atoms with Gasteiger partial charge in [0.2, 0.25) is 5.16 Å². The maximum absolute atomic E-state index is 12.4. The normalized spacial score (nSPS) is 11.2. The van der Waals surface area contributed by atoms with Crippen molar-refractivity contribution >= 4 is 23.3 Å². The van der Waals surface area contributed by atoms with Crippen molar-refractivity contribution in [2.75, 3.05) is 5.75 Å². The first-order valence-electron chi connectivity index (χ1n) is 7.80. The number of carbonyl (C=O) groups is 1. The molecule has 2 heterocycles. The first-order valence-corrected chi connectivity index (χ1v) is 8.79. The van der Waals surface area contributed by atoms with E-state index in [-0.39, 0.29) is 5.78 Å². The number of aromatic nitrogens is 4. The molecule has 24 heavy (non-hydrogen) atoms. The second kappa shape index (κ2) is 6.36. The molecule has 5 nitrogen and oxygen atoms in total. The molecule has 0 amide bonds. The summed E-state index contributed by atoms with van der Waals surface area (Å²) in [5.41, 5.74) is 6.01. The summed E-state index contributed by atoms with van der Waals surface area (Å²) in [5, 5.41) is 5.05. The highest BCUT2D eigenvalue weighted by Gasteiger charge is 2.14. The summed E-state index contributed by atoms with van der Waals surface area (Å²) in [4.78, 5) is 21.3. The van der Waals surface area contributed by atoms with E-state index in [0.717, 1.165) is 33.6 Å². The second-order valence-electron chi connectivity index (χ2n) is 6.04. The SMILES string of the molecule is Cc1ccc(C(=O)CSc2nc3nc(C)c(C)c(C)n3n2)c(C)c1. The molecule has 1 aromatic carbocycles. The Balaban J connectivity index is 1.80. The van der Waals surface area contributed by atoms with Gasteiger partial charge >= 0.3 is 0 Å². The highest BCUT2D eigenvalue weighted by atomic mass is 32.2. The van der Waals surface area contributed by atoms with Gasteiger partial charge in [0.05, 0.1) is 5.75 Å². The molecule has 0 aliphatic rings. The number of ketones is 1. The lowest BCUT2D eigenvalue weighted by molar-refractivity contribution is 0.102. The predicted octanol–water partition coefficient (Wildman–Crippen LogP) is 3.64. The van der Waals surface area contributed by atoms with Crippen LogP contribution in [0.1, 0.15) is 38.4 Å². The van der Waals surface area contributed by atoms with Crippen LogP contribution in [0.25, 0.3) is 5.78 Å². The molecule has 0 aliphatic heterocycles. The number of carbonyl (C=O) groups excluding carboxylic acids is 1. The van der Waals surface area contributed by atoms with Crippen LogP contribution in [0.4, 0.5) is 0 Å². The van der Waals surface area contributed by atoms with Gasteiger partial charge in [-0.15, -0.1) is 5.10 Å². The molecule has 0 spiro atoms. The Kier molecular flexibility index (Phi) is 4.41. The van der Waals surface area contributed by atoms with E-state index >= 15 is 0 Å². The van der Waals surface area contributed by atoms with Crippen molar-refractivity contribution in [3.8, 4) is 0 Å². The summed E-state index contributed by atoms with van der Waals surface area (Å²) in [6, 6.07) is 5.88. The van der Waals surface area contributed by atoms with Crippen molar-refractivity contribution in [1.29, 1.82) is 0 Å². The number of fused-ring (bicyclic) bond motifs is 1. The van der Waals surface area contributed by atoms with Gasteiger partial charge in [-0.1, -0.05) is 35.5 Å². The third-order valence-electron chi connectivity index (χ3n) is 4.26. The van der Waals surface area contributed by atoms with Gasteiger partial charge in [-0.3, -0.25) is 4.79 Å². The monoisotopic (exact) mass is 340 g/mol. The number of aryl methyl sites for hydroxylation is 4. The van der Waals surface area contributed by atoms with Crippen molar-refractivity contribution in [3.05, 3.63) is 51.8 Å². The fourth-order valence-corrected chi connectivity index (χ4v) is 3.33. The molecule has 3 aromatic rings. The first kappa shape index (κ1) is 16.6. The molecule has 0 N–H and O–H groups in total. The van der Waals surface area contributed by atoms with Gasteiger partial charge in [0, 0.05) is 17.0 Å². The van der Waals surface area contributed by atoms with Crippen LogP contribution in [0.15, 0.2) is 23.4 Å². The molecule has 0 saturated carbocycles. The van der Waals surface area contributed by atoms with Gasteiger partial charge in [0.15, 0.2) is 5.78 Å².